The van der Waals surface area contributed by atoms with Crippen molar-refractivity contribution in [3.63, 3.8) is 0 Å². The summed E-state index contributed by atoms with van der Waals surface area (Å²) in [6.45, 7) is 0. The van der Waals surface area contributed by atoms with Crippen molar-refractivity contribution in [3.8, 4) is 16.9 Å². The van der Waals surface area contributed by atoms with Gasteiger partial charge in [-0.2, -0.15) is 0 Å². The van der Waals surface area contributed by atoms with E-state index in [9.17, 15) is 0 Å². The Morgan fingerprint density at radius 1 is 0.792 bits per heavy atom. The minimum Gasteiger partial charge on any atom is -0.496 e. The van der Waals surface area contributed by atoms with Crippen LogP contribution in [0.1, 0.15) is 35.4 Å². The summed E-state index contributed by atoms with van der Waals surface area (Å²) in [6.07, 6.45) is 3.56. The van der Waals surface area contributed by atoms with Gasteiger partial charge in [0.2, 0.25) is 0 Å². The van der Waals surface area contributed by atoms with Crippen molar-refractivity contribution in [1.82, 2.24) is 0 Å². The molecule has 1 aliphatic rings. The van der Waals surface area contributed by atoms with Crippen LogP contribution in [0.5, 0.6) is 5.75 Å². The Balaban J connectivity index is 1.69. The first-order valence-corrected chi connectivity index (χ1v) is 8.68. The van der Waals surface area contributed by atoms with Crippen LogP contribution in [-0.4, -0.2) is 7.11 Å². The Kier molecular flexibility index (Phi) is 4.08. The highest BCUT2D eigenvalue weighted by Gasteiger charge is 2.23. The number of hydrogen-bond donors (Lipinski definition) is 0. The molecule has 1 aliphatic carbocycles. The van der Waals surface area contributed by atoms with Crippen LogP contribution < -0.4 is 4.74 Å². The Morgan fingerprint density at radius 2 is 1.54 bits per heavy atom. The second-order valence-corrected chi connectivity index (χ2v) is 6.46. The average Bonchev–Trinajstić information content (AvgIpc) is 2.68. The SMILES string of the molecule is COc1cccc2c1CCCC2c1ccc(-c2ccccc2)cc1. The van der Waals surface area contributed by atoms with E-state index in [2.05, 4.69) is 72.8 Å². The maximum atomic E-state index is 5.57. The van der Waals surface area contributed by atoms with Crippen molar-refractivity contribution in [2.45, 2.75) is 25.2 Å². The van der Waals surface area contributed by atoms with Crippen LogP contribution in [0, 0.1) is 0 Å². The zero-order valence-electron chi connectivity index (χ0n) is 14.0. The number of benzene rings is 3. The lowest BCUT2D eigenvalue weighted by atomic mass is 9.78. The first-order valence-electron chi connectivity index (χ1n) is 8.68. The van der Waals surface area contributed by atoms with Crippen LogP contribution in [0.4, 0.5) is 0 Å². The standard InChI is InChI=1S/C23H22O/c1-24-23-12-6-10-21-20(9-5-11-22(21)23)19-15-13-18(14-16-19)17-7-3-2-4-8-17/h2-4,6-8,10,12-16,20H,5,9,11H2,1H3. The second-order valence-electron chi connectivity index (χ2n) is 6.46. The normalized spacial score (nSPS) is 16.5. The van der Waals surface area contributed by atoms with Crippen molar-refractivity contribution in [2.24, 2.45) is 0 Å². The summed E-state index contributed by atoms with van der Waals surface area (Å²) in [7, 11) is 1.77. The van der Waals surface area contributed by atoms with Crippen LogP contribution in [0.25, 0.3) is 11.1 Å². The molecule has 1 heteroatoms. The van der Waals surface area contributed by atoms with E-state index < -0.39 is 0 Å². The van der Waals surface area contributed by atoms with E-state index in [0.29, 0.717) is 5.92 Å². The zero-order chi connectivity index (χ0) is 16.4. The molecule has 0 saturated heterocycles. The molecule has 1 unspecified atom stereocenters. The van der Waals surface area contributed by atoms with Gasteiger partial charge in [0.25, 0.3) is 0 Å². The van der Waals surface area contributed by atoms with Crippen molar-refractivity contribution in [2.75, 3.05) is 7.11 Å². The summed E-state index contributed by atoms with van der Waals surface area (Å²) < 4.78 is 5.57. The summed E-state index contributed by atoms with van der Waals surface area (Å²) in [5.74, 6) is 1.52. The highest BCUT2D eigenvalue weighted by atomic mass is 16.5. The van der Waals surface area contributed by atoms with Crippen LogP contribution in [0.15, 0.2) is 72.8 Å². The molecule has 0 bridgehead atoms. The summed E-state index contributed by atoms with van der Waals surface area (Å²) in [4.78, 5) is 0. The molecule has 0 amide bonds. The molecule has 1 nitrogen and oxygen atoms in total. The van der Waals surface area contributed by atoms with Gasteiger partial charge in [-0.25, -0.2) is 0 Å². The molecule has 0 fully saturated rings. The maximum absolute atomic E-state index is 5.57. The van der Waals surface area contributed by atoms with Gasteiger partial charge in [-0.05, 0) is 53.1 Å². The van der Waals surface area contributed by atoms with Crippen molar-refractivity contribution in [1.29, 1.82) is 0 Å². The molecule has 0 spiro atoms. The largest absolute Gasteiger partial charge is 0.496 e. The Labute approximate surface area is 143 Å². The fraction of sp³-hybridized carbons (Fsp3) is 0.217. The number of rotatable bonds is 3. The average molecular weight is 314 g/mol. The van der Waals surface area contributed by atoms with Crippen LogP contribution in [0.2, 0.25) is 0 Å². The van der Waals surface area contributed by atoms with Crippen LogP contribution >= 0.6 is 0 Å². The van der Waals surface area contributed by atoms with Gasteiger partial charge in [0.1, 0.15) is 5.75 Å². The van der Waals surface area contributed by atoms with Gasteiger partial charge in [-0.3, -0.25) is 0 Å². The van der Waals surface area contributed by atoms with E-state index in [4.69, 9.17) is 4.74 Å². The predicted octanol–water partition coefficient (Wildman–Crippen LogP) is 5.83. The fourth-order valence-electron chi connectivity index (χ4n) is 3.89. The molecule has 0 aliphatic heterocycles. The molecule has 0 heterocycles. The third kappa shape index (κ3) is 2.71. The monoisotopic (exact) mass is 314 g/mol. The number of methoxy groups -OCH3 is 1. The van der Waals surface area contributed by atoms with Gasteiger partial charge in [-0.15, -0.1) is 0 Å². The van der Waals surface area contributed by atoms with E-state index in [1.807, 2.05) is 0 Å². The maximum Gasteiger partial charge on any atom is 0.122 e. The number of ether oxygens (including phenoxy) is 1. The quantitative estimate of drug-likeness (QED) is 0.591. The van der Waals surface area contributed by atoms with Gasteiger partial charge < -0.3 is 4.74 Å². The molecule has 0 aromatic heterocycles. The first-order chi connectivity index (χ1) is 11.9. The minimum absolute atomic E-state index is 0.480. The fourth-order valence-corrected chi connectivity index (χ4v) is 3.89. The van der Waals surface area contributed by atoms with Gasteiger partial charge in [0.05, 0.1) is 7.11 Å². The van der Waals surface area contributed by atoms with Crippen molar-refractivity contribution < 1.29 is 4.74 Å². The van der Waals surface area contributed by atoms with Crippen LogP contribution in [0.3, 0.4) is 0 Å². The molecule has 0 N–H and O–H groups in total. The van der Waals surface area contributed by atoms with Gasteiger partial charge >= 0.3 is 0 Å². The predicted molar refractivity (Wildman–Crippen MR) is 99.7 cm³/mol. The molecule has 120 valence electrons. The Hall–Kier alpha value is -2.54. The lowest BCUT2D eigenvalue weighted by Crippen LogP contribution is -2.12. The Morgan fingerprint density at radius 3 is 2.29 bits per heavy atom. The minimum atomic E-state index is 0.480. The molecule has 0 radical (unpaired) electrons. The molecular formula is C23H22O. The van der Waals surface area contributed by atoms with Crippen molar-refractivity contribution >= 4 is 0 Å². The van der Waals surface area contributed by atoms with Gasteiger partial charge in [0.15, 0.2) is 0 Å². The summed E-state index contributed by atoms with van der Waals surface area (Å²) in [5, 5.41) is 0. The third-order valence-corrected chi connectivity index (χ3v) is 5.10. The van der Waals surface area contributed by atoms with Gasteiger partial charge in [-0.1, -0.05) is 66.7 Å². The van der Waals surface area contributed by atoms with E-state index in [-0.39, 0.29) is 0 Å². The third-order valence-electron chi connectivity index (χ3n) is 5.10. The lowest BCUT2D eigenvalue weighted by molar-refractivity contribution is 0.404. The number of fused-ring (bicyclic) bond motifs is 1. The lowest BCUT2D eigenvalue weighted by Gasteiger charge is -2.27. The topological polar surface area (TPSA) is 9.23 Å². The first kappa shape index (κ1) is 15.0. The summed E-state index contributed by atoms with van der Waals surface area (Å²) >= 11 is 0. The highest BCUT2D eigenvalue weighted by Crippen LogP contribution is 2.40. The molecule has 3 aromatic carbocycles. The molecule has 1 atom stereocenters. The molecule has 0 saturated carbocycles. The molecule has 24 heavy (non-hydrogen) atoms. The Bertz CT molecular complexity index is 818. The smallest absolute Gasteiger partial charge is 0.122 e. The van der Waals surface area contributed by atoms with Crippen LogP contribution in [-0.2, 0) is 6.42 Å². The zero-order valence-corrected chi connectivity index (χ0v) is 14.0. The van der Waals surface area contributed by atoms with E-state index in [0.717, 1.165) is 12.2 Å². The second kappa shape index (κ2) is 6.52. The van der Waals surface area contributed by atoms with Gasteiger partial charge in [0, 0.05) is 5.92 Å². The highest BCUT2D eigenvalue weighted by molar-refractivity contribution is 5.64. The van der Waals surface area contributed by atoms with Crippen molar-refractivity contribution in [3.05, 3.63) is 89.5 Å². The van der Waals surface area contributed by atoms with E-state index in [1.54, 1.807) is 7.11 Å². The number of hydrogen-bond acceptors (Lipinski definition) is 1. The summed E-state index contributed by atoms with van der Waals surface area (Å²) in [5.41, 5.74) is 6.79. The van der Waals surface area contributed by atoms with E-state index in [1.165, 1.54) is 40.7 Å². The summed E-state index contributed by atoms with van der Waals surface area (Å²) in [6, 6.07) is 26.1. The van der Waals surface area contributed by atoms with E-state index >= 15 is 0 Å². The molecular weight excluding hydrogens is 292 g/mol. The molecule has 3 aromatic rings. The molecule has 4 rings (SSSR count).